The lowest BCUT2D eigenvalue weighted by Gasteiger charge is -2.15. The highest BCUT2D eigenvalue weighted by molar-refractivity contribution is 5.77. The molecule has 1 N–H and O–H groups in total. The maximum Gasteiger partial charge on any atom is 0.162 e. The molecule has 4 heteroatoms. The summed E-state index contributed by atoms with van der Waals surface area (Å²) in [5.74, 6) is 2.22. The molecular weight excluding hydrogens is 312 g/mol. The summed E-state index contributed by atoms with van der Waals surface area (Å²) in [6.07, 6.45) is 3.81. The highest BCUT2D eigenvalue weighted by Gasteiger charge is 2.15. The maximum absolute atomic E-state index is 6.10. The Morgan fingerprint density at radius 1 is 1.08 bits per heavy atom. The largest absolute Gasteiger partial charge is 0.493 e. The maximum atomic E-state index is 6.10. The first-order valence-electron chi connectivity index (χ1n) is 8.46. The molecule has 0 aliphatic heterocycles. The van der Waals surface area contributed by atoms with Gasteiger partial charge in [-0.05, 0) is 68.7 Å². The average Bonchev–Trinajstić information content (AvgIpc) is 2.99. The molecule has 0 saturated carbocycles. The summed E-state index contributed by atoms with van der Waals surface area (Å²) in [6.45, 7) is 8.17. The number of aryl methyl sites for hydroxylation is 2. The number of imidazole rings is 1. The zero-order valence-corrected chi connectivity index (χ0v) is 15.4. The molecule has 2 aromatic carbocycles. The van der Waals surface area contributed by atoms with Gasteiger partial charge in [0.2, 0.25) is 0 Å². The molecule has 3 aromatic rings. The summed E-state index contributed by atoms with van der Waals surface area (Å²) < 4.78 is 11.6. The number of allylic oxidation sites excluding steroid dienone is 1. The van der Waals surface area contributed by atoms with Crippen LogP contribution in [0.4, 0.5) is 0 Å². The van der Waals surface area contributed by atoms with Crippen molar-refractivity contribution in [3.63, 3.8) is 0 Å². The number of aromatic amines is 1. The minimum atomic E-state index is -0.213. The zero-order valence-electron chi connectivity index (χ0n) is 15.4. The lowest BCUT2D eigenvalue weighted by atomic mass is 10.1. The first kappa shape index (κ1) is 17.1. The van der Waals surface area contributed by atoms with Crippen molar-refractivity contribution in [2.75, 3.05) is 7.11 Å². The Labute approximate surface area is 148 Å². The second kappa shape index (κ2) is 7.01. The molecule has 1 atom stereocenters. The van der Waals surface area contributed by atoms with Crippen molar-refractivity contribution in [1.82, 2.24) is 9.97 Å². The Bertz CT molecular complexity index is 886. The van der Waals surface area contributed by atoms with Crippen molar-refractivity contribution in [3.05, 3.63) is 58.9 Å². The molecule has 3 rings (SSSR count). The minimum absolute atomic E-state index is 0.213. The van der Waals surface area contributed by atoms with Crippen LogP contribution in [-0.4, -0.2) is 17.1 Å². The number of fused-ring (bicyclic) bond motifs is 1. The van der Waals surface area contributed by atoms with Crippen molar-refractivity contribution >= 4 is 17.1 Å². The lowest BCUT2D eigenvalue weighted by molar-refractivity contribution is 0.208. The molecule has 0 radical (unpaired) electrons. The molecular formula is C21H24N2O2. The van der Waals surface area contributed by atoms with E-state index in [9.17, 15) is 0 Å². The SMILES string of the molecule is C/C=C/c1ccc(OC(C)c2nc3cc(C)c(C)cc3[nH]2)c(OC)c1. The third-order valence-electron chi connectivity index (χ3n) is 4.35. The lowest BCUT2D eigenvalue weighted by Crippen LogP contribution is -2.06. The normalized spacial score (nSPS) is 12.7. The number of benzene rings is 2. The fourth-order valence-corrected chi connectivity index (χ4v) is 2.81. The number of hydrogen-bond donors (Lipinski definition) is 1. The smallest absolute Gasteiger partial charge is 0.162 e. The van der Waals surface area contributed by atoms with Crippen LogP contribution in [0.5, 0.6) is 11.5 Å². The topological polar surface area (TPSA) is 47.1 Å². The summed E-state index contributed by atoms with van der Waals surface area (Å²) in [7, 11) is 1.65. The van der Waals surface area contributed by atoms with Crippen LogP contribution in [0.15, 0.2) is 36.4 Å². The van der Waals surface area contributed by atoms with Crippen molar-refractivity contribution < 1.29 is 9.47 Å². The van der Waals surface area contributed by atoms with Gasteiger partial charge in [0, 0.05) is 0 Å². The second-order valence-electron chi connectivity index (χ2n) is 6.25. The summed E-state index contributed by atoms with van der Waals surface area (Å²) in [4.78, 5) is 8.05. The van der Waals surface area contributed by atoms with Gasteiger partial charge in [-0.1, -0.05) is 18.2 Å². The molecule has 0 amide bonds. The van der Waals surface area contributed by atoms with Crippen molar-refractivity contribution in [3.8, 4) is 11.5 Å². The fourth-order valence-electron chi connectivity index (χ4n) is 2.81. The second-order valence-corrected chi connectivity index (χ2v) is 6.25. The number of rotatable bonds is 5. The third-order valence-corrected chi connectivity index (χ3v) is 4.35. The van der Waals surface area contributed by atoms with Crippen LogP contribution in [-0.2, 0) is 0 Å². The summed E-state index contributed by atoms with van der Waals surface area (Å²) in [6, 6.07) is 10.1. The van der Waals surface area contributed by atoms with Gasteiger partial charge in [0.25, 0.3) is 0 Å². The van der Waals surface area contributed by atoms with E-state index < -0.39 is 0 Å². The number of nitrogens with one attached hydrogen (secondary N) is 1. The summed E-state index contributed by atoms with van der Waals surface area (Å²) in [5.41, 5.74) is 5.56. The van der Waals surface area contributed by atoms with E-state index in [-0.39, 0.29) is 6.10 Å². The van der Waals surface area contributed by atoms with Crippen molar-refractivity contribution in [2.45, 2.75) is 33.8 Å². The standard InChI is InChI=1S/C21H24N2O2/c1-6-7-16-8-9-19(20(12-16)24-5)25-15(4)21-22-17-10-13(2)14(3)11-18(17)23-21/h6-12,15H,1-5H3,(H,22,23)/b7-6+. The van der Waals surface area contributed by atoms with Crippen LogP contribution >= 0.6 is 0 Å². The molecule has 1 unspecified atom stereocenters. The molecule has 1 heterocycles. The van der Waals surface area contributed by atoms with E-state index in [0.29, 0.717) is 11.5 Å². The summed E-state index contributed by atoms with van der Waals surface area (Å²) in [5, 5.41) is 0. The number of aromatic nitrogens is 2. The number of hydrogen-bond acceptors (Lipinski definition) is 3. The number of ether oxygens (including phenoxy) is 2. The third kappa shape index (κ3) is 3.53. The molecule has 0 fully saturated rings. The molecule has 130 valence electrons. The van der Waals surface area contributed by atoms with Gasteiger partial charge in [-0.2, -0.15) is 0 Å². The van der Waals surface area contributed by atoms with E-state index in [1.54, 1.807) is 7.11 Å². The minimum Gasteiger partial charge on any atom is -0.493 e. The average molecular weight is 336 g/mol. The Hall–Kier alpha value is -2.75. The van der Waals surface area contributed by atoms with Crippen molar-refractivity contribution in [1.29, 1.82) is 0 Å². The monoisotopic (exact) mass is 336 g/mol. The van der Waals surface area contributed by atoms with E-state index in [1.165, 1.54) is 11.1 Å². The highest BCUT2D eigenvalue weighted by atomic mass is 16.5. The van der Waals surface area contributed by atoms with Gasteiger partial charge in [0.1, 0.15) is 5.82 Å². The van der Waals surface area contributed by atoms with Crippen LogP contribution < -0.4 is 9.47 Å². The fraction of sp³-hybridized carbons (Fsp3) is 0.286. The molecule has 4 nitrogen and oxygen atoms in total. The molecule has 0 aliphatic rings. The predicted octanol–water partition coefficient (Wildman–Crippen LogP) is 5.36. The summed E-state index contributed by atoms with van der Waals surface area (Å²) >= 11 is 0. The Morgan fingerprint density at radius 2 is 1.84 bits per heavy atom. The van der Waals surface area contributed by atoms with E-state index in [4.69, 9.17) is 9.47 Å². The van der Waals surface area contributed by atoms with E-state index in [1.807, 2.05) is 44.2 Å². The number of methoxy groups -OCH3 is 1. The highest BCUT2D eigenvalue weighted by Crippen LogP contribution is 2.32. The first-order valence-corrected chi connectivity index (χ1v) is 8.46. The van der Waals surface area contributed by atoms with Crippen LogP contribution in [0.25, 0.3) is 17.1 Å². The van der Waals surface area contributed by atoms with Gasteiger partial charge >= 0.3 is 0 Å². The molecule has 0 bridgehead atoms. The Morgan fingerprint density at radius 3 is 2.56 bits per heavy atom. The molecule has 0 spiro atoms. The van der Waals surface area contributed by atoms with Gasteiger partial charge in [-0.15, -0.1) is 0 Å². The molecule has 1 aromatic heterocycles. The Kier molecular flexibility index (Phi) is 4.79. The van der Waals surface area contributed by atoms with Gasteiger partial charge in [-0.3, -0.25) is 0 Å². The van der Waals surface area contributed by atoms with Crippen molar-refractivity contribution in [2.24, 2.45) is 0 Å². The van der Waals surface area contributed by atoms with E-state index in [2.05, 4.69) is 35.9 Å². The quantitative estimate of drug-likeness (QED) is 0.682. The first-order chi connectivity index (χ1) is 12.0. The van der Waals surface area contributed by atoms with E-state index >= 15 is 0 Å². The molecule has 25 heavy (non-hydrogen) atoms. The van der Waals surface area contributed by atoms with Crippen LogP contribution in [0.2, 0.25) is 0 Å². The number of nitrogens with zero attached hydrogens (tertiary/aromatic N) is 1. The molecule has 0 aliphatic carbocycles. The van der Waals surface area contributed by atoms with Crippen LogP contribution in [0, 0.1) is 13.8 Å². The predicted molar refractivity (Wildman–Crippen MR) is 102 cm³/mol. The molecule has 0 saturated heterocycles. The van der Waals surface area contributed by atoms with Crippen LogP contribution in [0.3, 0.4) is 0 Å². The zero-order chi connectivity index (χ0) is 18.0. The Balaban J connectivity index is 1.88. The van der Waals surface area contributed by atoms with Gasteiger partial charge < -0.3 is 14.5 Å². The van der Waals surface area contributed by atoms with Gasteiger partial charge in [-0.25, -0.2) is 4.98 Å². The van der Waals surface area contributed by atoms with Crippen LogP contribution in [0.1, 0.15) is 42.5 Å². The van der Waals surface area contributed by atoms with E-state index in [0.717, 1.165) is 22.4 Å². The number of H-pyrrole nitrogens is 1. The van der Waals surface area contributed by atoms with Gasteiger partial charge in [0.15, 0.2) is 17.6 Å². The van der Waals surface area contributed by atoms with Gasteiger partial charge in [0.05, 0.1) is 18.1 Å².